The van der Waals surface area contributed by atoms with Crippen LogP contribution in [-0.4, -0.2) is 11.1 Å². The molecule has 1 N–H and O–H groups in total. The Labute approximate surface area is 138 Å². The number of ether oxygens (including phenoxy) is 1. The van der Waals surface area contributed by atoms with Crippen molar-refractivity contribution in [1.29, 1.82) is 0 Å². The average molecular weight is 418 g/mol. The number of carboxylic acid groups (broad SMARTS) is 1. The van der Waals surface area contributed by atoms with Crippen LogP contribution in [0.4, 0.5) is 4.39 Å². The molecule has 0 amide bonds. The van der Waals surface area contributed by atoms with Crippen molar-refractivity contribution in [2.75, 3.05) is 0 Å². The van der Waals surface area contributed by atoms with Crippen molar-refractivity contribution in [3.8, 4) is 5.75 Å². The molecule has 2 aromatic carbocycles. The van der Waals surface area contributed by atoms with Crippen LogP contribution in [0.2, 0.25) is 0 Å². The third-order valence-corrected chi connectivity index (χ3v) is 4.05. The molecule has 21 heavy (non-hydrogen) atoms. The lowest BCUT2D eigenvalue weighted by Gasteiger charge is -2.13. The number of aromatic carboxylic acids is 1. The molecule has 0 aliphatic heterocycles. The van der Waals surface area contributed by atoms with Gasteiger partial charge in [-0.1, -0.05) is 37.9 Å². The third kappa shape index (κ3) is 3.83. The van der Waals surface area contributed by atoms with Gasteiger partial charge >= 0.3 is 5.97 Å². The van der Waals surface area contributed by atoms with Crippen molar-refractivity contribution in [2.24, 2.45) is 0 Å². The standard InChI is InChI=1S/C15H11Br2FO3/c1-8-4-10(16)5-12(15(19)20)14(8)21-7-9-2-3-11(18)6-13(9)17/h2-6H,7H2,1H3,(H,19,20). The highest BCUT2D eigenvalue weighted by Crippen LogP contribution is 2.29. The highest BCUT2D eigenvalue weighted by molar-refractivity contribution is 9.10. The molecule has 0 spiro atoms. The summed E-state index contributed by atoms with van der Waals surface area (Å²) >= 11 is 6.52. The van der Waals surface area contributed by atoms with Gasteiger partial charge in [-0.25, -0.2) is 9.18 Å². The fourth-order valence-corrected chi connectivity index (χ4v) is 2.91. The number of carbonyl (C=O) groups is 1. The Morgan fingerprint density at radius 2 is 2.00 bits per heavy atom. The predicted octanol–water partition coefficient (Wildman–Crippen LogP) is 4.94. The number of rotatable bonds is 4. The number of aryl methyl sites for hydroxylation is 1. The molecule has 0 saturated heterocycles. The summed E-state index contributed by atoms with van der Waals surface area (Å²) in [4.78, 5) is 11.3. The summed E-state index contributed by atoms with van der Waals surface area (Å²) in [6.45, 7) is 1.91. The van der Waals surface area contributed by atoms with Gasteiger partial charge < -0.3 is 9.84 Å². The van der Waals surface area contributed by atoms with Crippen molar-refractivity contribution < 1.29 is 19.0 Å². The molecule has 0 aromatic heterocycles. The Morgan fingerprint density at radius 1 is 1.29 bits per heavy atom. The van der Waals surface area contributed by atoms with Gasteiger partial charge in [0.05, 0.1) is 0 Å². The zero-order valence-corrected chi connectivity index (χ0v) is 14.2. The third-order valence-electron chi connectivity index (χ3n) is 2.86. The van der Waals surface area contributed by atoms with E-state index in [9.17, 15) is 14.3 Å². The van der Waals surface area contributed by atoms with Crippen LogP contribution in [0.1, 0.15) is 21.5 Å². The second kappa shape index (κ2) is 6.58. The summed E-state index contributed by atoms with van der Waals surface area (Å²) in [5, 5.41) is 9.24. The van der Waals surface area contributed by atoms with E-state index in [2.05, 4.69) is 31.9 Å². The van der Waals surface area contributed by atoms with E-state index in [0.717, 1.165) is 5.56 Å². The predicted molar refractivity (Wildman–Crippen MR) is 84.3 cm³/mol. The van der Waals surface area contributed by atoms with E-state index in [4.69, 9.17) is 4.74 Å². The molecule has 110 valence electrons. The maximum atomic E-state index is 13.0. The van der Waals surface area contributed by atoms with Gasteiger partial charge in [0, 0.05) is 14.5 Å². The molecule has 0 heterocycles. The van der Waals surface area contributed by atoms with Gasteiger partial charge in [0.15, 0.2) is 0 Å². The Balaban J connectivity index is 2.29. The maximum Gasteiger partial charge on any atom is 0.339 e. The van der Waals surface area contributed by atoms with E-state index in [1.54, 1.807) is 19.1 Å². The minimum Gasteiger partial charge on any atom is -0.488 e. The molecule has 3 nitrogen and oxygen atoms in total. The second-order valence-corrected chi connectivity index (χ2v) is 6.20. The topological polar surface area (TPSA) is 46.5 Å². The molecular formula is C15H11Br2FO3. The van der Waals surface area contributed by atoms with Crippen LogP contribution in [0.3, 0.4) is 0 Å². The first-order valence-electron chi connectivity index (χ1n) is 5.98. The molecule has 2 aromatic rings. The van der Waals surface area contributed by atoms with Crippen LogP contribution in [0, 0.1) is 12.7 Å². The molecule has 0 radical (unpaired) electrons. The Bertz CT molecular complexity index is 702. The van der Waals surface area contributed by atoms with E-state index in [1.165, 1.54) is 18.2 Å². The number of benzene rings is 2. The number of carboxylic acids is 1. The maximum absolute atomic E-state index is 13.0. The SMILES string of the molecule is Cc1cc(Br)cc(C(=O)O)c1OCc1ccc(F)cc1Br. The first-order chi connectivity index (χ1) is 9.88. The fourth-order valence-electron chi connectivity index (χ4n) is 1.87. The van der Waals surface area contributed by atoms with Gasteiger partial charge in [0.25, 0.3) is 0 Å². The molecule has 0 aliphatic carbocycles. The van der Waals surface area contributed by atoms with E-state index in [0.29, 0.717) is 20.3 Å². The molecule has 0 aliphatic rings. The van der Waals surface area contributed by atoms with Gasteiger partial charge in [-0.05, 0) is 36.8 Å². The van der Waals surface area contributed by atoms with Gasteiger partial charge in [-0.3, -0.25) is 0 Å². The van der Waals surface area contributed by atoms with Crippen LogP contribution >= 0.6 is 31.9 Å². The highest BCUT2D eigenvalue weighted by Gasteiger charge is 2.16. The Hall–Kier alpha value is -1.40. The van der Waals surface area contributed by atoms with Crippen LogP contribution in [0.15, 0.2) is 39.3 Å². The number of hydrogen-bond donors (Lipinski definition) is 1. The summed E-state index contributed by atoms with van der Waals surface area (Å²) in [5.41, 5.74) is 1.52. The largest absolute Gasteiger partial charge is 0.488 e. The monoisotopic (exact) mass is 416 g/mol. The van der Waals surface area contributed by atoms with Crippen molar-refractivity contribution in [3.05, 3.63) is 61.8 Å². The number of halogens is 3. The van der Waals surface area contributed by atoms with Crippen molar-refractivity contribution in [2.45, 2.75) is 13.5 Å². The Kier molecular flexibility index (Phi) is 5.00. The van der Waals surface area contributed by atoms with Crippen molar-refractivity contribution in [1.82, 2.24) is 0 Å². The van der Waals surface area contributed by atoms with Crippen LogP contribution < -0.4 is 4.74 Å². The lowest BCUT2D eigenvalue weighted by Crippen LogP contribution is -2.05. The molecule has 0 bridgehead atoms. The average Bonchev–Trinajstić information content (AvgIpc) is 2.38. The normalized spacial score (nSPS) is 10.5. The minimum atomic E-state index is -1.06. The molecule has 0 atom stereocenters. The highest BCUT2D eigenvalue weighted by atomic mass is 79.9. The summed E-state index contributed by atoms with van der Waals surface area (Å²) in [6, 6.07) is 7.53. The van der Waals surface area contributed by atoms with Crippen LogP contribution in [-0.2, 0) is 6.61 Å². The lowest BCUT2D eigenvalue weighted by atomic mass is 10.1. The van der Waals surface area contributed by atoms with Gasteiger partial charge in [-0.2, -0.15) is 0 Å². The van der Waals surface area contributed by atoms with Crippen molar-refractivity contribution in [3.63, 3.8) is 0 Å². The van der Waals surface area contributed by atoms with Crippen molar-refractivity contribution >= 4 is 37.8 Å². The minimum absolute atomic E-state index is 0.0834. The zero-order chi connectivity index (χ0) is 15.6. The van der Waals surface area contributed by atoms with Gasteiger partial charge in [-0.15, -0.1) is 0 Å². The van der Waals surface area contributed by atoms with Gasteiger partial charge in [0.1, 0.15) is 23.7 Å². The summed E-state index contributed by atoms with van der Waals surface area (Å²) in [6.07, 6.45) is 0. The van der Waals surface area contributed by atoms with Crippen LogP contribution in [0.5, 0.6) is 5.75 Å². The molecule has 0 saturated carbocycles. The summed E-state index contributed by atoms with van der Waals surface area (Å²) < 4.78 is 19.9. The van der Waals surface area contributed by atoms with Crippen LogP contribution in [0.25, 0.3) is 0 Å². The first kappa shape index (κ1) is 16.0. The van der Waals surface area contributed by atoms with Gasteiger partial charge in [0.2, 0.25) is 0 Å². The van der Waals surface area contributed by atoms with E-state index in [1.807, 2.05) is 0 Å². The lowest BCUT2D eigenvalue weighted by molar-refractivity contribution is 0.0691. The molecule has 0 fully saturated rings. The summed E-state index contributed by atoms with van der Waals surface area (Å²) in [5.74, 6) is -1.11. The molecule has 2 rings (SSSR count). The van der Waals surface area contributed by atoms with E-state index in [-0.39, 0.29) is 18.0 Å². The zero-order valence-electron chi connectivity index (χ0n) is 11.0. The second-order valence-electron chi connectivity index (χ2n) is 4.43. The number of hydrogen-bond acceptors (Lipinski definition) is 2. The summed E-state index contributed by atoms with van der Waals surface area (Å²) in [7, 11) is 0. The quantitative estimate of drug-likeness (QED) is 0.766. The van der Waals surface area contributed by atoms with E-state index >= 15 is 0 Å². The van der Waals surface area contributed by atoms with E-state index < -0.39 is 5.97 Å². The fraction of sp³-hybridized carbons (Fsp3) is 0.133. The molecule has 6 heteroatoms. The first-order valence-corrected chi connectivity index (χ1v) is 7.57. The Morgan fingerprint density at radius 3 is 2.62 bits per heavy atom. The molecule has 0 unspecified atom stereocenters. The smallest absolute Gasteiger partial charge is 0.339 e. The molecular weight excluding hydrogens is 407 g/mol.